The standard InChI is InChI=1S/C17H16N2O3/c1-10-15-9-11(4-5-16(15)19-18-10)12-6-13(17(20)22-3)8-14(7-12)21-2/h4-9H,1-3H3,(H,18,19). The highest BCUT2D eigenvalue weighted by molar-refractivity contribution is 5.93. The number of nitrogens with zero attached hydrogens (tertiary/aromatic N) is 1. The number of aromatic nitrogens is 2. The van der Waals surface area contributed by atoms with Crippen LogP contribution < -0.4 is 4.74 Å². The van der Waals surface area contributed by atoms with Crippen molar-refractivity contribution in [3.05, 3.63) is 47.7 Å². The third-order valence-corrected chi connectivity index (χ3v) is 3.65. The average Bonchev–Trinajstić information content (AvgIpc) is 2.94. The molecule has 22 heavy (non-hydrogen) atoms. The quantitative estimate of drug-likeness (QED) is 0.753. The van der Waals surface area contributed by atoms with E-state index in [2.05, 4.69) is 10.2 Å². The van der Waals surface area contributed by atoms with Crippen molar-refractivity contribution >= 4 is 16.9 Å². The second kappa shape index (κ2) is 5.52. The Morgan fingerprint density at radius 3 is 2.64 bits per heavy atom. The number of aromatic amines is 1. The summed E-state index contributed by atoms with van der Waals surface area (Å²) in [7, 11) is 2.94. The first-order valence-electron chi connectivity index (χ1n) is 6.85. The normalized spacial score (nSPS) is 10.7. The molecule has 0 aliphatic heterocycles. The number of H-pyrrole nitrogens is 1. The van der Waals surface area contributed by atoms with Gasteiger partial charge in [0, 0.05) is 5.39 Å². The molecular formula is C17H16N2O3. The molecule has 0 aliphatic carbocycles. The highest BCUT2D eigenvalue weighted by atomic mass is 16.5. The number of aryl methyl sites for hydroxylation is 1. The summed E-state index contributed by atoms with van der Waals surface area (Å²) in [5.41, 5.74) is 4.26. The predicted molar refractivity (Wildman–Crippen MR) is 84.2 cm³/mol. The number of ether oxygens (including phenoxy) is 2. The van der Waals surface area contributed by atoms with Crippen LogP contribution in [0.3, 0.4) is 0 Å². The van der Waals surface area contributed by atoms with Crippen LogP contribution in [0.15, 0.2) is 36.4 Å². The lowest BCUT2D eigenvalue weighted by Crippen LogP contribution is -2.02. The van der Waals surface area contributed by atoms with Crippen molar-refractivity contribution in [1.82, 2.24) is 10.2 Å². The fourth-order valence-corrected chi connectivity index (χ4v) is 2.44. The van der Waals surface area contributed by atoms with Crippen molar-refractivity contribution in [2.24, 2.45) is 0 Å². The third kappa shape index (κ3) is 2.41. The van der Waals surface area contributed by atoms with E-state index in [-0.39, 0.29) is 5.97 Å². The van der Waals surface area contributed by atoms with Crippen LogP contribution >= 0.6 is 0 Å². The van der Waals surface area contributed by atoms with Crippen molar-refractivity contribution in [1.29, 1.82) is 0 Å². The maximum absolute atomic E-state index is 11.8. The molecule has 1 N–H and O–H groups in total. The van der Waals surface area contributed by atoms with Gasteiger partial charge in [-0.3, -0.25) is 5.10 Å². The topological polar surface area (TPSA) is 64.2 Å². The second-order valence-corrected chi connectivity index (χ2v) is 5.01. The summed E-state index contributed by atoms with van der Waals surface area (Å²) >= 11 is 0. The minimum absolute atomic E-state index is 0.388. The maximum Gasteiger partial charge on any atom is 0.338 e. The molecule has 0 saturated heterocycles. The summed E-state index contributed by atoms with van der Waals surface area (Å²) in [5.74, 6) is 0.225. The molecule has 2 aromatic carbocycles. The Balaban J connectivity index is 2.15. The van der Waals surface area contributed by atoms with Gasteiger partial charge in [0.1, 0.15) is 5.75 Å². The number of hydrogen-bond acceptors (Lipinski definition) is 4. The number of nitrogens with one attached hydrogen (secondary N) is 1. The van der Waals surface area contributed by atoms with Gasteiger partial charge in [-0.15, -0.1) is 0 Å². The summed E-state index contributed by atoms with van der Waals surface area (Å²) in [5, 5.41) is 8.23. The first-order valence-corrected chi connectivity index (χ1v) is 6.85. The molecule has 0 radical (unpaired) electrons. The van der Waals surface area contributed by atoms with Gasteiger partial charge in [0.15, 0.2) is 0 Å². The average molecular weight is 296 g/mol. The molecular weight excluding hydrogens is 280 g/mol. The molecule has 0 unspecified atom stereocenters. The van der Waals surface area contributed by atoms with Gasteiger partial charge in [-0.25, -0.2) is 4.79 Å². The molecule has 1 aromatic heterocycles. The lowest BCUT2D eigenvalue weighted by atomic mass is 10.0. The molecule has 5 heteroatoms. The molecule has 3 rings (SSSR count). The van der Waals surface area contributed by atoms with E-state index in [1.165, 1.54) is 7.11 Å². The van der Waals surface area contributed by atoms with E-state index in [9.17, 15) is 4.79 Å². The Labute approximate surface area is 127 Å². The zero-order chi connectivity index (χ0) is 15.7. The fourth-order valence-electron chi connectivity index (χ4n) is 2.44. The second-order valence-electron chi connectivity index (χ2n) is 5.01. The van der Waals surface area contributed by atoms with E-state index < -0.39 is 0 Å². The van der Waals surface area contributed by atoms with Crippen molar-refractivity contribution in [2.75, 3.05) is 14.2 Å². The van der Waals surface area contributed by atoms with Crippen LogP contribution in [0.2, 0.25) is 0 Å². The lowest BCUT2D eigenvalue weighted by Gasteiger charge is -2.08. The first-order chi connectivity index (χ1) is 10.6. The largest absolute Gasteiger partial charge is 0.497 e. The van der Waals surface area contributed by atoms with Gasteiger partial charge in [0.25, 0.3) is 0 Å². The number of esters is 1. The molecule has 1 heterocycles. The minimum Gasteiger partial charge on any atom is -0.497 e. The van der Waals surface area contributed by atoms with Gasteiger partial charge in [0.05, 0.1) is 31.0 Å². The van der Waals surface area contributed by atoms with Gasteiger partial charge in [0.2, 0.25) is 0 Å². The van der Waals surface area contributed by atoms with E-state index in [1.807, 2.05) is 31.2 Å². The van der Waals surface area contributed by atoms with Crippen molar-refractivity contribution in [3.8, 4) is 16.9 Å². The highest BCUT2D eigenvalue weighted by Gasteiger charge is 2.11. The maximum atomic E-state index is 11.8. The Morgan fingerprint density at radius 2 is 1.91 bits per heavy atom. The minimum atomic E-state index is -0.388. The number of methoxy groups -OCH3 is 2. The molecule has 0 fully saturated rings. The van der Waals surface area contributed by atoms with Crippen LogP contribution in [0.4, 0.5) is 0 Å². The fraction of sp³-hybridized carbons (Fsp3) is 0.176. The van der Waals surface area contributed by atoms with Gasteiger partial charge in [-0.1, -0.05) is 6.07 Å². The van der Waals surface area contributed by atoms with Crippen LogP contribution in [0.5, 0.6) is 5.75 Å². The van der Waals surface area contributed by atoms with Gasteiger partial charge >= 0.3 is 5.97 Å². The van der Waals surface area contributed by atoms with Gasteiger partial charge < -0.3 is 9.47 Å². The van der Waals surface area contributed by atoms with E-state index in [1.54, 1.807) is 19.2 Å². The number of benzene rings is 2. The lowest BCUT2D eigenvalue weighted by molar-refractivity contribution is 0.0600. The number of fused-ring (bicyclic) bond motifs is 1. The summed E-state index contributed by atoms with van der Waals surface area (Å²) in [6.45, 7) is 1.95. The number of hydrogen-bond donors (Lipinski definition) is 1. The molecule has 0 atom stereocenters. The van der Waals surface area contributed by atoms with Crippen LogP contribution in [-0.2, 0) is 4.74 Å². The van der Waals surface area contributed by atoms with Crippen molar-refractivity contribution < 1.29 is 14.3 Å². The molecule has 0 saturated carbocycles. The van der Waals surface area contributed by atoms with Crippen LogP contribution in [-0.4, -0.2) is 30.4 Å². The SMILES string of the molecule is COC(=O)c1cc(OC)cc(-c2ccc3[nH]nc(C)c3c2)c1. The van der Waals surface area contributed by atoms with Crippen LogP contribution in [0, 0.1) is 6.92 Å². The van der Waals surface area contributed by atoms with E-state index in [4.69, 9.17) is 9.47 Å². The number of carbonyl (C=O) groups excluding carboxylic acids is 1. The Kier molecular flexibility index (Phi) is 3.55. The monoisotopic (exact) mass is 296 g/mol. The Hall–Kier alpha value is -2.82. The van der Waals surface area contributed by atoms with Crippen molar-refractivity contribution in [2.45, 2.75) is 6.92 Å². The summed E-state index contributed by atoms with van der Waals surface area (Å²) in [6.07, 6.45) is 0. The summed E-state index contributed by atoms with van der Waals surface area (Å²) < 4.78 is 10.1. The van der Waals surface area contributed by atoms with Gasteiger partial charge in [-0.2, -0.15) is 5.10 Å². The first kappa shape index (κ1) is 14.1. The van der Waals surface area contributed by atoms with E-state index >= 15 is 0 Å². The van der Waals surface area contributed by atoms with E-state index in [0.717, 1.165) is 27.7 Å². The van der Waals surface area contributed by atoms with Crippen LogP contribution in [0.25, 0.3) is 22.0 Å². The third-order valence-electron chi connectivity index (χ3n) is 3.65. The molecule has 0 bridgehead atoms. The zero-order valence-corrected chi connectivity index (χ0v) is 12.6. The van der Waals surface area contributed by atoms with Gasteiger partial charge in [-0.05, 0) is 48.4 Å². The Bertz CT molecular complexity index is 852. The number of rotatable bonds is 3. The molecule has 0 aliphatic rings. The summed E-state index contributed by atoms with van der Waals surface area (Å²) in [6, 6.07) is 11.4. The molecule has 0 spiro atoms. The molecule has 0 amide bonds. The van der Waals surface area contributed by atoms with Crippen molar-refractivity contribution in [3.63, 3.8) is 0 Å². The molecule has 3 aromatic rings. The molecule has 112 valence electrons. The summed E-state index contributed by atoms with van der Waals surface area (Å²) in [4.78, 5) is 11.8. The predicted octanol–water partition coefficient (Wildman–Crippen LogP) is 3.33. The smallest absolute Gasteiger partial charge is 0.338 e. The Morgan fingerprint density at radius 1 is 1.09 bits per heavy atom. The molecule has 5 nitrogen and oxygen atoms in total. The zero-order valence-electron chi connectivity index (χ0n) is 12.6. The highest BCUT2D eigenvalue weighted by Crippen LogP contribution is 2.29. The van der Waals surface area contributed by atoms with E-state index in [0.29, 0.717) is 11.3 Å². The number of carbonyl (C=O) groups is 1. The van der Waals surface area contributed by atoms with Crippen LogP contribution in [0.1, 0.15) is 16.1 Å².